The summed E-state index contributed by atoms with van der Waals surface area (Å²) in [6.07, 6.45) is 1.70. The Bertz CT molecular complexity index is 790. The fourth-order valence-electron chi connectivity index (χ4n) is 2.92. The van der Waals surface area contributed by atoms with Crippen LogP contribution in [0, 0.1) is 5.82 Å². The van der Waals surface area contributed by atoms with E-state index < -0.39 is 5.82 Å². The van der Waals surface area contributed by atoms with Crippen molar-refractivity contribution in [3.63, 3.8) is 0 Å². The first-order valence-electron chi connectivity index (χ1n) is 8.39. The first-order chi connectivity index (χ1) is 12.6. The molecule has 2 amide bonds. The van der Waals surface area contributed by atoms with Gasteiger partial charge in [0.15, 0.2) is 11.6 Å². The van der Waals surface area contributed by atoms with Crippen LogP contribution in [-0.4, -0.2) is 59.9 Å². The van der Waals surface area contributed by atoms with Crippen molar-refractivity contribution in [3.05, 3.63) is 59.7 Å². The highest BCUT2D eigenvalue weighted by Gasteiger charge is 2.25. The van der Waals surface area contributed by atoms with Crippen molar-refractivity contribution < 1.29 is 18.7 Å². The highest BCUT2D eigenvalue weighted by molar-refractivity contribution is 5.92. The maximum atomic E-state index is 13.7. The molecule has 1 fully saturated rings. The number of aromatic nitrogens is 1. The van der Waals surface area contributed by atoms with Gasteiger partial charge in [-0.25, -0.2) is 4.39 Å². The maximum Gasteiger partial charge on any atom is 0.272 e. The standard InChI is InChI=1S/C19H20FN3O3/c1-26-17-6-5-14(12-15(17)20)13-18(24)22-8-10-23(11-9-22)19(25)16-4-2-3-7-21-16/h2-7,12H,8-11,13H2,1H3. The van der Waals surface area contributed by atoms with Gasteiger partial charge in [0.2, 0.25) is 5.91 Å². The summed E-state index contributed by atoms with van der Waals surface area (Å²) < 4.78 is 18.6. The number of halogens is 1. The van der Waals surface area contributed by atoms with Gasteiger partial charge in [0.05, 0.1) is 13.5 Å². The molecule has 7 heteroatoms. The number of hydrogen-bond acceptors (Lipinski definition) is 4. The molecule has 0 N–H and O–H groups in total. The Hall–Kier alpha value is -2.96. The molecule has 1 aromatic heterocycles. The predicted molar refractivity (Wildman–Crippen MR) is 93.4 cm³/mol. The molecule has 0 aliphatic carbocycles. The number of carbonyl (C=O) groups is 2. The van der Waals surface area contributed by atoms with Gasteiger partial charge in [-0.2, -0.15) is 0 Å². The van der Waals surface area contributed by atoms with Crippen molar-refractivity contribution in [2.75, 3.05) is 33.3 Å². The summed E-state index contributed by atoms with van der Waals surface area (Å²) >= 11 is 0. The first kappa shape index (κ1) is 17.8. The molecule has 136 valence electrons. The van der Waals surface area contributed by atoms with Gasteiger partial charge < -0.3 is 14.5 Å². The molecular formula is C19H20FN3O3. The fourth-order valence-corrected chi connectivity index (χ4v) is 2.92. The SMILES string of the molecule is COc1ccc(CC(=O)N2CCN(C(=O)c3ccccn3)CC2)cc1F. The van der Waals surface area contributed by atoms with Gasteiger partial charge >= 0.3 is 0 Å². The van der Waals surface area contributed by atoms with E-state index in [-0.39, 0.29) is 24.0 Å². The highest BCUT2D eigenvalue weighted by Crippen LogP contribution is 2.18. The summed E-state index contributed by atoms with van der Waals surface area (Å²) in [5.41, 5.74) is 1.00. The highest BCUT2D eigenvalue weighted by atomic mass is 19.1. The first-order valence-corrected chi connectivity index (χ1v) is 8.39. The van der Waals surface area contributed by atoms with Crippen LogP contribution < -0.4 is 4.74 Å². The van der Waals surface area contributed by atoms with E-state index in [4.69, 9.17) is 4.74 Å². The topological polar surface area (TPSA) is 62.7 Å². The number of methoxy groups -OCH3 is 1. The zero-order valence-electron chi connectivity index (χ0n) is 14.5. The largest absolute Gasteiger partial charge is 0.494 e. The molecule has 0 atom stereocenters. The molecular weight excluding hydrogens is 337 g/mol. The van der Waals surface area contributed by atoms with Crippen molar-refractivity contribution in [1.29, 1.82) is 0 Å². The molecule has 0 radical (unpaired) electrons. The van der Waals surface area contributed by atoms with Crippen molar-refractivity contribution >= 4 is 11.8 Å². The van der Waals surface area contributed by atoms with E-state index in [1.165, 1.54) is 19.2 Å². The lowest BCUT2D eigenvalue weighted by atomic mass is 10.1. The van der Waals surface area contributed by atoms with Crippen LogP contribution in [-0.2, 0) is 11.2 Å². The molecule has 6 nitrogen and oxygen atoms in total. The number of hydrogen-bond donors (Lipinski definition) is 0. The van der Waals surface area contributed by atoms with Gasteiger partial charge in [-0.1, -0.05) is 12.1 Å². The zero-order chi connectivity index (χ0) is 18.5. The summed E-state index contributed by atoms with van der Waals surface area (Å²) in [6.45, 7) is 1.82. The quantitative estimate of drug-likeness (QED) is 0.836. The molecule has 1 aliphatic rings. The van der Waals surface area contributed by atoms with Crippen LogP contribution in [0.4, 0.5) is 4.39 Å². The van der Waals surface area contributed by atoms with Crippen LogP contribution >= 0.6 is 0 Å². The Balaban J connectivity index is 1.55. The molecule has 1 saturated heterocycles. The second-order valence-corrected chi connectivity index (χ2v) is 6.03. The van der Waals surface area contributed by atoms with Crippen molar-refractivity contribution in [2.24, 2.45) is 0 Å². The minimum Gasteiger partial charge on any atom is -0.494 e. The van der Waals surface area contributed by atoms with Crippen LogP contribution in [0.1, 0.15) is 16.1 Å². The van der Waals surface area contributed by atoms with E-state index in [2.05, 4.69) is 4.98 Å². The van der Waals surface area contributed by atoms with Gasteiger partial charge in [-0.05, 0) is 29.8 Å². The Labute approximate surface area is 151 Å². The van der Waals surface area contributed by atoms with Gasteiger partial charge in [-0.3, -0.25) is 14.6 Å². The van der Waals surface area contributed by atoms with E-state index >= 15 is 0 Å². The number of amides is 2. The Kier molecular flexibility index (Phi) is 5.46. The molecule has 2 aromatic rings. The lowest BCUT2D eigenvalue weighted by molar-refractivity contribution is -0.131. The smallest absolute Gasteiger partial charge is 0.272 e. The normalized spacial score (nSPS) is 14.2. The molecule has 2 heterocycles. The lowest BCUT2D eigenvalue weighted by Crippen LogP contribution is -2.51. The van der Waals surface area contributed by atoms with Crippen molar-refractivity contribution in [2.45, 2.75) is 6.42 Å². The third-order valence-electron chi connectivity index (χ3n) is 4.38. The van der Waals surface area contributed by atoms with E-state index in [1.807, 2.05) is 0 Å². The van der Waals surface area contributed by atoms with E-state index in [9.17, 15) is 14.0 Å². The third kappa shape index (κ3) is 3.99. The van der Waals surface area contributed by atoms with Crippen LogP contribution in [0.3, 0.4) is 0 Å². The van der Waals surface area contributed by atoms with E-state index in [1.54, 1.807) is 40.3 Å². The maximum absolute atomic E-state index is 13.7. The van der Waals surface area contributed by atoms with E-state index in [0.717, 1.165) is 0 Å². The number of rotatable bonds is 4. The molecule has 1 aliphatic heterocycles. The number of pyridine rings is 1. The summed E-state index contributed by atoms with van der Waals surface area (Å²) in [7, 11) is 1.40. The third-order valence-corrected chi connectivity index (χ3v) is 4.38. The minimum absolute atomic E-state index is 0.0838. The predicted octanol–water partition coefficient (Wildman–Crippen LogP) is 1.76. The second-order valence-electron chi connectivity index (χ2n) is 6.03. The van der Waals surface area contributed by atoms with Gasteiger partial charge in [0.25, 0.3) is 5.91 Å². The number of piperazine rings is 1. The molecule has 0 bridgehead atoms. The number of benzene rings is 1. The summed E-state index contributed by atoms with van der Waals surface area (Å²) in [5, 5.41) is 0. The summed E-state index contributed by atoms with van der Waals surface area (Å²) in [5.74, 6) is -0.541. The summed E-state index contributed by atoms with van der Waals surface area (Å²) in [4.78, 5) is 32.3. The molecule has 26 heavy (non-hydrogen) atoms. The van der Waals surface area contributed by atoms with Gasteiger partial charge in [-0.15, -0.1) is 0 Å². The van der Waals surface area contributed by atoms with E-state index in [0.29, 0.717) is 37.4 Å². The van der Waals surface area contributed by atoms with Crippen LogP contribution in [0.25, 0.3) is 0 Å². The average molecular weight is 357 g/mol. The summed E-state index contributed by atoms with van der Waals surface area (Å²) in [6, 6.07) is 9.72. The van der Waals surface area contributed by atoms with Crippen molar-refractivity contribution in [1.82, 2.24) is 14.8 Å². The fraction of sp³-hybridized carbons (Fsp3) is 0.316. The molecule has 3 rings (SSSR count). The molecule has 0 saturated carbocycles. The molecule has 1 aromatic carbocycles. The lowest BCUT2D eigenvalue weighted by Gasteiger charge is -2.34. The van der Waals surface area contributed by atoms with Crippen molar-refractivity contribution in [3.8, 4) is 5.75 Å². The second kappa shape index (κ2) is 7.95. The average Bonchev–Trinajstić information content (AvgIpc) is 2.68. The minimum atomic E-state index is -0.483. The molecule has 0 spiro atoms. The number of carbonyl (C=O) groups excluding carboxylic acids is 2. The Morgan fingerprint density at radius 2 is 1.85 bits per heavy atom. The monoisotopic (exact) mass is 357 g/mol. The zero-order valence-corrected chi connectivity index (χ0v) is 14.5. The Morgan fingerprint density at radius 3 is 2.46 bits per heavy atom. The van der Waals surface area contributed by atoms with Crippen LogP contribution in [0.5, 0.6) is 5.75 Å². The van der Waals surface area contributed by atoms with Crippen LogP contribution in [0.2, 0.25) is 0 Å². The van der Waals surface area contributed by atoms with Gasteiger partial charge in [0, 0.05) is 32.4 Å². The van der Waals surface area contributed by atoms with Crippen LogP contribution in [0.15, 0.2) is 42.6 Å². The molecule has 0 unspecified atom stereocenters. The van der Waals surface area contributed by atoms with Gasteiger partial charge in [0.1, 0.15) is 5.69 Å². The number of nitrogens with zero attached hydrogens (tertiary/aromatic N) is 3. The number of ether oxygens (including phenoxy) is 1. The Morgan fingerprint density at radius 1 is 1.12 bits per heavy atom.